The Kier molecular flexibility index (Phi) is 4.73. The number of hydrogen-bond donors (Lipinski definition) is 2. The number of nitrogens with zero attached hydrogens (tertiary/aromatic N) is 3. The van der Waals surface area contributed by atoms with E-state index in [0.717, 1.165) is 45.2 Å². The Bertz CT molecular complexity index is 507. The van der Waals surface area contributed by atoms with Crippen molar-refractivity contribution in [2.24, 2.45) is 5.92 Å². The first kappa shape index (κ1) is 15.4. The van der Waals surface area contributed by atoms with Gasteiger partial charge in [-0.05, 0) is 44.7 Å². The fourth-order valence-electron chi connectivity index (χ4n) is 2.85. The number of carbonyl (C=O) groups is 1. The molecule has 7 heteroatoms. The SMILES string of the molecule is CCc1nc(CN2CCC(C(O)C(=O)NC3CC3)CC2)no1. The van der Waals surface area contributed by atoms with Gasteiger partial charge < -0.3 is 14.9 Å². The van der Waals surface area contributed by atoms with Crippen LogP contribution in [0.1, 0.15) is 44.3 Å². The summed E-state index contributed by atoms with van der Waals surface area (Å²) in [5.41, 5.74) is 0. The second kappa shape index (κ2) is 6.75. The summed E-state index contributed by atoms with van der Waals surface area (Å²) in [5.74, 6) is 1.22. The molecule has 1 aliphatic carbocycles. The van der Waals surface area contributed by atoms with Crippen LogP contribution in [-0.2, 0) is 17.8 Å². The van der Waals surface area contributed by atoms with Gasteiger partial charge in [0.25, 0.3) is 0 Å². The maximum absolute atomic E-state index is 11.9. The predicted octanol–water partition coefficient (Wildman–Crippen LogP) is 0.483. The number of amides is 1. The van der Waals surface area contributed by atoms with Crippen molar-refractivity contribution in [2.45, 2.75) is 57.7 Å². The first-order valence-electron chi connectivity index (χ1n) is 8.18. The largest absolute Gasteiger partial charge is 0.383 e. The van der Waals surface area contributed by atoms with Gasteiger partial charge in [0.2, 0.25) is 11.8 Å². The molecule has 1 saturated carbocycles. The molecular weight excluding hydrogens is 284 g/mol. The number of aryl methyl sites for hydroxylation is 1. The van der Waals surface area contributed by atoms with Crippen molar-refractivity contribution in [1.29, 1.82) is 0 Å². The zero-order valence-corrected chi connectivity index (χ0v) is 13.0. The summed E-state index contributed by atoms with van der Waals surface area (Å²) in [6.45, 7) is 4.33. The zero-order valence-electron chi connectivity index (χ0n) is 13.0. The lowest BCUT2D eigenvalue weighted by Gasteiger charge is -2.33. The van der Waals surface area contributed by atoms with Crippen LogP contribution in [0.25, 0.3) is 0 Å². The van der Waals surface area contributed by atoms with Crippen LogP contribution in [0.4, 0.5) is 0 Å². The van der Waals surface area contributed by atoms with Crippen LogP contribution in [-0.4, -0.2) is 51.3 Å². The highest BCUT2D eigenvalue weighted by Crippen LogP contribution is 2.24. The second-order valence-corrected chi connectivity index (χ2v) is 6.30. The van der Waals surface area contributed by atoms with E-state index in [4.69, 9.17) is 4.52 Å². The number of aliphatic hydroxyl groups excluding tert-OH is 1. The van der Waals surface area contributed by atoms with E-state index in [-0.39, 0.29) is 11.8 Å². The fraction of sp³-hybridized carbons (Fsp3) is 0.800. The molecule has 1 aromatic heterocycles. The molecule has 0 spiro atoms. The number of hydrogen-bond acceptors (Lipinski definition) is 6. The molecule has 2 aliphatic rings. The lowest BCUT2D eigenvalue weighted by Crippen LogP contribution is -2.45. The van der Waals surface area contributed by atoms with Gasteiger partial charge in [0, 0.05) is 12.5 Å². The molecule has 22 heavy (non-hydrogen) atoms. The minimum Gasteiger partial charge on any atom is -0.383 e. The fourth-order valence-corrected chi connectivity index (χ4v) is 2.85. The van der Waals surface area contributed by atoms with Crippen LogP contribution in [0, 0.1) is 5.92 Å². The van der Waals surface area contributed by atoms with Gasteiger partial charge in [-0.15, -0.1) is 0 Å². The van der Waals surface area contributed by atoms with Crippen LogP contribution < -0.4 is 5.32 Å². The molecule has 1 amide bonds. The maximum Gasteiger partial charge on any atom is 0.249 e. The molecule has 0 radical (unpaired) electrons. The number of nitrogens with one attached hydrogen (secondary N) is 1. The summed E-state index contributed by atoms with van der Waals surface area (Å²) >= 11 is 0. The molecule has 7 nitrogen and oxygen atoms in total. The Morgan fingerprint density at radius 3 is 2.73 bits per heavy atom. The van der Waals surface area contributed by atoms with E-state index < -0.39 is 6.10 Å². The summed E-state index contributed by atoms with van der Waals surface area (Å²) in [4.78, 5) is 18.4. The van der Waals surface area contributed by atoms with Crippen LogP contribution in [0.2, 0.25) is 0 Å². The molecule has 2 fully saturated rings. The topological polar surface area (TPSA) is 91.5 Å². The standard InChI is InChI=1S/C15H24N4O3/c1-2-13-17-12(18-22-13)9-19-7-5-10(6-8-19)14(20)15(21)16-11-3-4-11/h10-11,14,20H,2-9H2,1H3,(H,16,21). The average molecular weight is 308 g/mol. The highest BCUT2D eigenvalue weighted by molar-refractivity contribution is 5.81. The van der Waals surface area contributed by atoms with E-state index >= 15 is 0 Å². The van der Waals surface area contributed by atoms with Gasteiger partial charge in [0.15, 0.2) is 5.82 Å². The van der Waals surface area contributed by atoms with Crippen LogP contribution in [0.5, 0.6) is 0 Å². The highest BCUT2D eigenvalue weighted by Gasteiger charge is 2.33. The van der Waals surface area contributed by atoms with Gasteiger partial charge in [-0.1, -0.05) is 12.1 Å². The average Bonchev–Trinajstić information content (AvgIpc) is 3.23. The first-order valence-corrected chi connectivity index (χ1v) is 8.18. The van der Waals surface area contributed by atoms with E-state index in [2.05, 4.69) is 20.4 Å². The highest BCUT2D eigenvalue weighted by atomic mass is 16.5. The molecule has 1 saturated heterocycles. The van der Waals surface area contributed by atoms with Gasteiger partial charge in [0.05, 0.1) is 6.54 Å². The van der Waals surface area contributed by atoms with Gasteiger partial charge in [0.1, 0.15) is 6.10 Å². The van der Waals surface area contributed by atoms with Gasteiger partial charge in [-0.3, -0.25) is 9.69 Å². The quantitative estimate of drug-likeness (QED) is 0.794. The number of rotatable bonds is 6. The Morgan fingerprint density at radius 1 is 1.41 bits per heavy atom. The van der Waals surface area contributed by atoms with E-state index in [0.29, 0.717) is 24.3 Å². The molecule has 2 N–H and O–H groups in total. The molecule has 0 bridgehead atoms. The van der Waals surface area contributed by atoms with Crippen molar-refractivity contribution in [2.75, 3.05) is 13.1 Å². The van der Waals surface area contributed by atoms with Crippen molar-refractivity contribution >= 4 is 5.91 Å². The third kappa shape index (κ3) is 3.84. The van der Waals surface area contributed by atoms with Crippen molar-refractivity contribution in [3.63, 3.8) is 0 Å². The van der Waals surface area contributed by atoms with Crippen molar-refractivity contribution in [1.82, 2.24) is 20.4 Å². The number of aromatic nitrogens is 2. The zero-order chi connectivity index (χ0) is 15.5. The Balaban J connectivity index is 1.44. The Labute approximate surface area is 130 Å². The van der Waals surface area contributed by atoms with Crippen LogP contribution in [0.3, 0.4) is 0 Å². The molecule has 0 aromatic carbocycles. The second-order valence-electron chi connectivity index (χ2n) is 6.30. The summed E-state index contributed by atoms with van der Waals surface area (Å²) in [5, 5.41) is 17.0. The summed E-state index contributed by atoms with van der Waals surface area (Å²) in [7, 11) is 0. The molecule has 2 heterocycles. The molecular formula is C15H24N4O3. The Hall–Kier alpha value is -1.47. The lowest BCUT2D eigenvalue weighted by atomic mass is 9.90. The Morgan fingerprint density at radius 2 is 2.14 bits per heavy atom. The van der Waals surface area contributed by atoms with Crippen LogP contribution >= 0.6 is 0 Å². The number of aliphatic hydroxyl groups is 1. The van der Waals surface area contributed by atoms with Crippen molar-refractivity contribution in [3.05, 3.63) is 11.7 Å². The lowest BCUT2D eigenvalue weighted by molar-refractivity contribution is -0.133. The third-order valence-corrected chi connectivity index (χ3v) is 4.45. The normalized spacial score (nSPS) is 21.7. The van der Waals surface area contributed by atoms with E-state index in [1.54, 1.807) is 0 Å². The summed E-state index contributed by atoms with van der Waals surface area (Å²) in [6, 6.07) is 0.299. The van der Waals surface area contributed by atoms with Gasteiger partial charge >= 0.3 is 0 Å². The van der Waals surface area contributed by atoms with Gasteiger partial charge in [-0.25, -0.2) is 0 Å². The third-order valence-electron chi connectivity index (χ3n) is 4.45. The predicted molar refractivity (Wildman–Crippen MR) is 78.8 cm³/mol. The monoisotopic (exact) mass is 308 g/mol. The molecule has 3 rings (SSSR count). The van der Waals surface area contributed by atoms with E-state index in [1.165, 1.54) is 0 Å². The van der Waals surface area contributed by atoms with Crippen molar-refractivity contribution in [3.8, 4) is 0 Å². The molecule has 1 unspecified atom stereocenters. The van der Waals surface area contributed by atoms with Crippen molar-refractivity contribution < 1.29 is 14.4 Å². The minimum absolute atomic E-state index is 0.0477. The number of piperidine rings is 1. The van der Waals surface area contributed by atoms with E-state index in [1.807, 2.05) is 6.92 Å². The van der Waals surface area contributed by atoms with Crippen LogP contribution in [0.15, 0.2) is 4.52 Å². The summed E-state index contributed by atoms with van der Waals surface area (Å²) in [6.07, 6.45) is 3.59. The smallest absolute Gasteiger partial charge is 0.249 e. The number of likely N-dealkylation sites (tertiary alicyclic amines) is 1. The first-order chi connectivity index (χ1) is 10.7. The molecule has 1 aliphatic heterocycles. The van der Waals surface area contributed by atoms with E-state index in [9.17, 15) is 9.90 Å². The molecule has 1 atom stereocenters. The minimum atomic E-state index is -0.875. The molecule has 122 valence electrons. The molecule has 1 aromatic rings. The maximum atomic E-state index is 11.9. The summed E-state index contributed by atoms with van der Waals surface area (Å²) < 4.78 is 5.11. The number of carbonyl (C=O) groups excluding carboxylic acids is 1. The van der Waals surface area contributed by atoms with Gasteiger partial charge in [-0.2, -0.15) is 4.98 Å².